The molecule has 1 aromatic heterocycles. The highest BCUT2D eigenvalue weighted by Gasteiger charge is 2.44. The third kappa shape index (κ3) is 2.62. The summed E-state index contributed by atoms with van der Waals surface area (Å²) in [6.45, 7) is 0.704. The molecule has 0 radical (unpaired) electrons. The standard InChI is InChI=1S/C15H16ClN3O/c16-12-8-17-14(18-9-12)19-10-15(6-13(20)7-15)11-4-2-1-3-5-11/h1-5,8-9,13,20H,6-7,10H2,(H,17,18,19). The molecule has 0 unspecified atom stereocenters. The summed E-state index contributed by atoms with van der Waals surface area (Å²) in [6, 6.07) is 10.3. The molecule has 104 valence electrons. The predicted octanol–water partition coefficient (Wildman–Crippen LogP) is 2.63. The van der Waals surface area contributed by atoms with Crippen LogP contribution < -0.4 is 5.32 Å². The molecule has 0 aliphatic heterocycles. The van der Waals surface area contributed by atoms with E-state index in [2.05, 4.69) is 27.4 Å². The Morgan fingerprint density at radius 2 is 1.85 bits per heavy atom. The highest BCUT2D eigenvalue weighted by Crippen LogP contribution is 2.43. The zero-order valence-electron chi connectivity index (χ0n) is 11.0. The molecule has 0 spiro atoms. The van der Waals surface area contributed by atoms with E-state index in [0.29, 0.717) is 17.5 Å². The van der Waals surface area contributed by atoms with Gasteiger partial charge in [0.25, 0.3) is 0 Å². The van der Waals surface area contributed by atoms with E-state index in [1.165, 1.54) is 5.56 Å². The summed E-state index contributed by atoms with van der Waals surface area (Å²) in [4.78, 5) is 8.27. The maximum atomic E-state index is 9.70. The van der Waals surface area contributed by atoms with Gasteiger partial charge in [-0.3, -0.25) is 0 Å². The van der Waals surface area contributed by atoms with E-state index in [0.717, 1.165) is 12.8 Å². The first kappa shape index (κ1) is 13.3. The number of benzene rings is 1. The fourth-order valence-electron chi connectivity index (χ4n) is 2.77. The fraction of sp³-hybridized carbons (Fsp3) is 0.333. The summed E-state index contributed by atoms with van der Waals surface area (Å²) < 4.78 is 0. The van der Waals surface area contributed by atoms with Crippen molar-refractivity contribution in [1.29, 1.82) is 0 Å². The lowest BCUT2D eigenvalue weighted by Crippen LogP contribution is -2.49. The van der Waals surface area contributed by atoms with Crippen molar-refractivity contribution in [3.63, 3.8) is 0 Å². The number of aromatic nitrogens is 2. The monoisotopic (exact) mass is 289 g/mol. The lowest BCUT2D eigenvalue weighted by Gasteiger charge is -2.46. The second kappa shape index (κ2) is 5.38. The molecular formula is C15H16ClN3O. The Kier molecular flexibility index (Phi) is 3.59. The number of hydrogen-bond donors (Lipinski definition) is 2. The first-order chi connectivity index (χ1) is 9.68. The zero-order valence-corrected chi connectivity index (χ0v) is 11.7. The zero-order chi connectivity index (χ0) is 14.0. The number of aliphatic hydroxyl groups excluding tert-OH is 1. The van der Waals surface area contributed by atoms with Crippen molar-refractivity contribution in [1.82, 2.24) is 9.97 Å². The largest absolute Gasteiger partial charge is 0.393 e. The number of hydrogen-bond acceptors (Lipinski definition) is 4. The molecule has 3 rings (SSSR count). The predicted molar refractivity (Wildman–Crippen MR) is 78.9 cm³/mol. The lowest BCUT2D eigenvalue weighted by atomic mass is 9.62. The van der Waals surface area contributed by atoms with Crippen molar-refractivity contribution in [3.05, 3.63) is 53.3 Å². The van der Waals surface area contributed by atoms with Crippen LogP contribution in [0.15, 0.2) is 42.7 Å². The lowest BCUT2D eigenvalue weighted by molar-refractivity contribution is 0.0242. The van der Waals surface area contributed by atoms with Crippen LogP contribution in [0.5, 0.6) is 0 Å². The number of nitrogens with one attached hydrogen (secondary N) is 1. The summed E-state index contributed by atoms with van der Waals surface area (Å²) in [7, 11) is 0. The SMILES string of the molecule is OC1CC(CNc2ncc(Cl)cn2)(c2ccccc2)C1. The Labute approximate surface area is 122 Å². The quantitative estimate of drug-likeness (QED) is 0.908. The smallest absolute Gasteiger partial charge is 0.222 e. The molecule has 0 amide bonds. The van der Waals surface area contributed by atoms with E-state index in [4.69, 9.17) is 11.6 Å². The molecule has 2 aromatic rings. The van der Waals surface area contributed by atoms with Crippen LogP contribution in [0.3, 0.4) is 0 Å². The van der Waals surface area contributed by atoms with Gasteiger partial charge in [-0.2, -0.15) is 0 Å². The van der Waals surface area contributed by atoms with Gasteiger partial charge in [0.1, 0.15) is 0 Å². The van der Waals surface area contributed by atoms with Crippen LogP contribution in [0.1, 0.15) is 18.4 Å². The van der Waals surface area contributed by atoms with E-state index >= 15 is 0 Å². The van der Waals surface area contributed by atoms with Gasteiger partial charge in [0.15, 0.2) is 0 Å². The Morgan fingerprint density at radius 1 is 1.20 bits per heavy atom. The molecule has 20 heavy (non-hydrogen) atoms. The normalized spacial score (nSPS) is 25.0. The van der Waals surface area contributed by atoms with E-state index in [-0.39, 0.29) is 11.5 Å². The van der Waals surface area contributed by atoms with Gasteiger partial charge in [-0.25, -0.2) is 9.97 Å². The van der Waals surface area contributed by atoms with Gasteiger partial charge >= 0.3 is 0 Å². The van der Waals surface area contributed by atoms with Crippen molar-refractivity contribution in [2.75, 3.05) is 11.9 Å². The summed E-state index contributed by atoms with van der Waals surface area (Å²) in [5, 5.41) is 13.5. The van der Waals surface area contributed by atoms with Crippen LogP contribution in [0.4, 0.5) is 5.95 Å². The van der Waals surface area contributed by atoms with Crippen molar-refractivity contribution in [3.8, 4) is 0 Å². The van der Waals surface area contributed by atoms with Crippen LogP contribution in [0.25, 0.3) is 0 Å². The Hall–Kier alpha value is -1.65. The molecule has 4 nitrogen and oxygen atoms in total. The average Bonchev–Trinajstić information content (AvgIpc) is 2.45. The Balaban J connectivity index is 1.74. The molecule has 0 bridgehead atoms. The van der Waals surface area contributed by atoms with Crippen molar-refractivity contribution >= 4 is 17.5 Å². The van der Waals surface area contributed by atoms with Crippen molar-refractivity contribution in [2.24, 2.45) is 0 Å². The molecule has 2 N–H and O–H groups in total. The molecule has 0 atom stereocenters. The molecule has 0 saturated heterocycles. The number of halogens is 1. The van der Waals surface area contributed by atoms with Crippen LogP contribution in [0, 0.1) is 0 Å². The average molecular weight is 290 g/mol. The van der Waals surface area contributed by atoms with Crippen molar-refractivity contribution < 1.29 is 5.11 Å². The molecule has 1 saturated carbocycles. The van der Waals surface area contributed by atoms with Gasteiger partial charge in [0.2, 0.25) is 5.95 Å². The number of nitrogens with zero attached hydrogens (tertiary/aromatic N) is 2. The second-order valence-electron chi connectivity index (χ2n) is 5.29. The van der Waals surface area contributed by atoms with Gasteiger partial charge in [0.05, 0.1) is 23.5 Å². The summed E-state index contributed by atoms with van der Waals surface area (Å²) >= 11 is 5.77. The summed E-state index contributed by atoms with van der Waals surface area (Å²) in [5.41, 5.74) is 1.20. The molecule has 5 heteroatoms. The maximum absolute atomic E-state index is 9.70. The number of aliphatic hydroxyl groups is 1. The van der Waals surface area contributed by atoms with Gasteiger partial charge in [-0.05, 0) is 18.4 Å². The summed E-state index contributed by atoms with van der Waals surface area (Å²) in [5.74, 6) is 0.561. The minimum Gasteiger partial charge on any atom is -0.393 e. The maximum Gasteiger partial charge on any atom is 0.222 e. The van der Waals surface area contributed by atoms with Gasteiger partial charge < -0.3 is 10.4 Å². The number of rotatable bonds is 4. The Bertz CT molecular complexity index is 567. The minimum atomic E-state index is -0.219. The highest BCUT2D eigenvalue weighted by atomic mass is 35.5. The first-order valence-corrected chi connectivity index (χ1v) is 7.01. The van der Waals surface area contributed by atoms with E-state index in [9.17, 15) is 5.11 Å². The van der Waals surface area contributed by atoms with Crippen LogP contribution in [0.2, 0.25) is 5.02 Å². The third-order valence-electron chi connectivity index (χ3n) is 3.84. The molecule has 1 aromatic carbocycles. The van der Waals surface area contributed by atoms with Crippen LogP contribution >= 0.6 is 11.6 Å². The van der Waals surface area contributed by atoms with Crippen LogP contribution in [-0.4, -0.2) is 27.7 Å². The molecular weight excluding hydrogens is 274 g/mol. The Morgan fingerprint density at radius 3 is 2.45 bits per heavy atom. The van der Waals surface area contributed by atoms with Gasteiger partial charge in [-0.15, -0.1) is 0 Å². The third-order valence-corrected chi connectivity index (χ3v) is 4.04. The molecule has 1 aliphatic rings. The van der Waals surface area contributed by atoms with Crippen molar-refractivity contribution in [2.45, 2.75) is 24.4 Å². The van der Waals surface area contributed by atoms with E-state index in [1.54, 1.807) is 12.4 Å². The van der Waals surface area contributed by atoms with E-state index < -0.39 is 0 Å². The minimum absolute atomic E-state index is 0.0380. The second-order valence-corrected chi connectivity index (χ2v) is 5.72. The van der Waals surface area contributed by atoms with Gasteiger partial charge in [-0.1, -0.05) is 41.9 Å². The fourth-order valence-corrected chi connectivity index (χ4v) is 2.87. The van der Waals surface area contributed by atoms with E-state index in [1.807, 2.05) is 18.2 Å². The molecule has 1 fully saturated rings. The first-order valence-electron chi connectivity index (χ1n) is 6.63. The van der Waals surface area contributed by atoms with Gasteiger partial charge in [0, 0.05) is 12.0 Å². The van der Waals surface area contributed by atoms with Crippen LogP contribution in [-0.2, 0) is 5.41 Å². The highest BCUT2D eigenvalue weighted by molar-refractivity contribution is 6.30. The molecule has 1 aliphatic carbocycles. The molecule has 1 heterocycles. The summed E-state index contributed by atoms with van der Waals surface area (Å²) in [6.07, 6.45) is 4.45. The number of anilines is 1. The topological polar surface area (TPSA) is 58.0 Å².